The zero-order valence-corrected chi connectivity index (χ0v) is 16.0. The Bertz CT molecular complexity index is 532. The van der Waals surface area contributed by atoms with Crippen LogP contribution in [0.15, 0.2) is 23.8 Å². The molecule has 0 amide bonds. The highest BCUT2D eigenvalue weighted by atomic mass is 16.5. The summed E-state index contributed by atoms with van der Waals surface area (Å²) in [5.41, 5.74) is 1.48. The number of esters is 1. The van der Waals surface area contributed by atoms with Gasteiger partial charge in [-0.2, -0.15) is 0 Å². The maximum atomic E-state index is 11.2. The molecule has 0 aliphatic heterocycles. The number of carbonyl (C=O) groups is 1. The van der Waals surface area contributed by atoms with Crippen molar-refractivity contribution in [1.29, 1.82) is 0 Å². The molecule has 26 heavy (non-hydrogen) atoms. The molecule has 0 heterocycles. The van der Waals surface area contributed by atoms with Crippen molar-refractivity contribution < 1.29 is 19.7 Å². The van der Waals surface area contributed by atoms with Crippen LogP contribution in [0.25, 0.3) is 0 Å². The van der Waals surface area contributed by atoms with Gasteiger partial charge in [0.1, 0.15) is 0 Å². The van der Waals surface area contributed by atoms with Crippen LogP contribution in [0, 0.1) is 23.7 Å². The van der Waals surface area contributed by atoms with Gasteiger partial charge in [0.25, 0.3) is 0 Å². The summed E-state index contributed by atoms with van der Waals surface area (Å²) in [7, 11) is 1.43. The molecule has 3 aliphatic rings. The number of carbonyl (C=O) groups excluding carboxylic acids is 1. The largest absolute Gasteiger partial charge is 0.469 e. The quantitative estimate of drug-likeness (QED) is 0.411. The summed E-state index contributed by atoms with van der Waals surface area (Å²) in [5.74, 6) is 1.52. The topological polar surface area (TPSA) is 66.8 Å². The molecule has 0 aromatic carbocycles. The standard InChI is InChI=1S/C22H34O4/c1-26-22(25)9-5-2-6-15-12-17-14-21(24)18(19(17)13-15)10-11-20(23)16-7-3-4-8-16/h6,10-11,16-21,23-24H,2-5,7-9,12-14H2,1H3/b11-10+,15-6+/t17-,18-,19+,20+,21-/m1/s1. The van der Waals surface area contributed by atoms with Gasteiger partial charge >= 0.3 is 5.97 Å². The number of hydrogen-bond acceptors (Lipinski definition) is 4. The van der Waals surface area contributed by atoms with Gasteiger partial charge in [0.15, 0.2) is 0 Å². The van der Waals surface area contributed by atoms with Crippen LogP contribution in [0.5, 0.6) is 0 Å². The Hall–Kier alpha value is -1.13. The Morgan fingerprint density at radius 3 is 2.81 bits per heavy atom. The SMILES string of the molecule is COC(=O)CCC/C=C1\C[C@@H]2C[C@@H](O)[C@H](/C=C/[C@H](O)C3CCCC3)[C@H]2C1. The third-order valence-corrected chi connectivity index (χ3v) is 6.77. The molecule has 0 bridgehead atoms. The fraction of sp³-hybridized carbons (Fsp3) is 0.773. The maximum absolute atomic E-state index is 11.2. The number of fused-ring (bicyclic) bond motifs is 1. The summed E-state index contributed by atoms with van der Waals surface area (Å²) >= 11 is 0. The lowest BCUT2D eigenvalue weighted by Crippen LogP contribution is -2.19. The maximum Gasteiger partial charge on any atom is 0.305 e. The molecule has 3 fully saturated rings. The number of allylic oxidation sites excluding steroid dienone is 2. The smallest absolute Gasteiger partial charge is 0.305 e. The van der Waals surface area contributed by atoms with Crippen molar-refractivity contribution in [1.82, 2.24) is 0 Å². The highest BCUT2D eigenvalue weighted by Gasteiger charge is 2.45. The van der Waals surface area contributed by atoms with E-state index in [-0.39, 0.29) is 24.1 Å². The van der Waals surface area contributed by atoms with E-state index in [1.54, 1.807) is 0 Å². The fourth-order valence-electron chi connectivity index (χ4n) is 5.29. The monoisotopic (exact) mass is 362 g/mol. The third kappa shape index (κ3) is 4.77. The lowest BCUT2D eigenvalue weighted by atomic mass is 9.89. The lowest BCUT2D eigenvalue weighted by molar-refractivity contribution is -0.140. The van der Waals surface area contributed by atoms with E-state index in [2.05, 4.69) is 16.9 Å². The summed E-state index contributed by atoms with van der Waals surface area (Å²) in [6.07, 6.45) is 15.7. The molecular formula is C22H34O4. The first-order valence-electron chi connectivity index (χ1n) is 10.4. The number of ether oxygens (including phenoxy) is 1. The molecule has 0 spiro atoms. The van der Waals surface area contributed by atoms with Crippen molar-refractivity contribution in [2.24, 2.45) is 23.7 Å². The minimum absolute atomic E-state index is 0.138. The second-order valence-corrected chi connectivity index (χ2v) is 8.46. The molecule has 3 saturated carbocycles. The van der Waals surface area contributed by atoms with Gasteiger partial charge in [0.05, 0.1) is 19.3 Å². The van der Waals surface area contributed by atoms with Crippen LogP contribution in [0.2, 0.25) is 0 Å². The molecule has 0 unspecified atom stereocenters. The van der Waals surface area contributed by atoms with E-state index in [1.807, 2.05) is 6.08 Å². The number of rotatable bonds is 7. The third-order valence-electron chi connectivity index (χ3n) is 6.77. The van der Waals surface area contributed by atoms with Crippen molar-refractivity contribution in [3.63, 3.8) is 0 Å². The van der Waals surface area contributed by atoms with Crippen LogP contribution in [0.3, 0.4) is 0 Å². The average Bonchev–Trinajstić information content (AvgIpc) is 3.33. The van der Waals surface area contributed by atoms with E-state index in [4.69, 9.17) is 0 Å². The van der Waals surface area contributed by atoms with Gasteiger partial charge in [-0.05, 0) is 62.7 Å². The molecule has 2 N–H and O–H groups in total. The molecular weight excluding hydrogens is 328 g/mol. The lowest BCUT2D eigenvalue weighted by Gasteiger charge is -2.19. The highest BCUT2D eigenvalue weighted by molar-refractivity contribution is 5.69. The number of hydrogen-bond donors (Lipinski definition) is 2. The average molecular weight is 363 g/mol. The van der Waals surface area contributed by atoms with Gasteiger partial charge in [-0.15, -0.1) is 0 Å². The van der Waals surface area contributed by atoms with Gasteiger partial charge in [0.2, 0.25) is 0 Å². The Morgan fingerprint density at radius 2 is 2.08 bits per heavy atom. The summed E-state index contributed by atoms with van der Waals surface area (Å²) in [5, 5.41) is 20.8. The van der Waals surface area contributed by atoms with E-state index >= 15 is 0 Å². The molecule has 5 atom stereocenters. The Morgan fingerprint density at radius 1 is 1.31 bits per heavy atom. The Kier molecular flexibility index (Phi) is 6.93. The summed E-state index contributed by atoms with van der Waals surface area (Å²) in [6.45, 7) is 0. The summed E-state index contributed by atoms with van der Waals surface area (Å²) < 4.78 is 4.68. The van der Waals surface area contributed by atoms with E-state index < -0.39 is 0 Å². The molecule has 4 heteroatoms. The van der Waals surface area contributed by atoms with Crippen LogP contribution in [0.1, 0.15) is 64.2 Å². The molecule has 0 aromatic rings. The predicted molar refractivity (Wildman–Crippen MR) is 101 cm³/mol. The van der Waals surface area contributed by atoms with Gasteiger partial charge < -0.3 is 14.9 Å². The highest BCUT2D eigenvalue weighted by Crippen LogP contribution is 2.50. The number of unbranched alkanes of at least 4 members (excludes halogenated alkanes) is 1. The van der Waals surface area contributed by atoms with Gasteiger partial charge in [-0.25, -0.2) is 0 Å². The first-order chi connectivity index (χ1) is 12.6. The summed E-state index contributed by atoms with van der Waals surface area (Å²) in [6, 6.07) is 0. The minimum atomic E-state index is -0.349. The van der Waals surface area contributed by atoms with Crippen LogP contribution in [0.4, 0.5) is 0 Å². The minimum Gasteiger partial charge on any atom is -0.469 e. The van der Waals surface area contributed by atoms with Crippen LogP contribution < -0.4 is 0 Å². The van der Waals surface area contributed by atoms with Crippen molar-refractivity contribution in [2.75, 3.05) is 7.11 Å². The van der Waals surface area contributed by atoms with E-state index in [9.17, 15) is 15.0 Å². The zero-order chi connectivity index (χ0) is 18.5. The van der Waals surface area contributed by atoms with E-state index in [0.29, 0.717) is 24.2 Å². The first kappa shape index (κ1) is 19.6. The van der Waals surface area contributed by atoms with E-state index in [1.165, 1.54) is 25.5 Å². The van der Waals surface area contributed by atoms with E-state index in [0.717, 1.165) is 44.9 Å². The Balaban J connectivity index is 1.50. The van der Waals surface area contributed by atoms with Crippen molar-refractivity contribution in [3.05, 3.63) is 23.8 Å². The first-order valence-corrected chi connectivity index (χ1v) is 10.4. The normalized spacial score (nSPS) is 34.7. The number of aliphatic hydroxyl groups is 2. The molecule has 0 saturated heterocycles. The molecule has 0 radical (unpaired) electrons. The van der Waals surface area contributed by atoms with Crippen LogP contribution >= 0.6 is 0 Å². The molecule has 4 nitrogen and oxygen atoms in total. The molecule has 146 valence electrons. The van der Waals surface area contributed by atoms with Crippen molar-refractivity contribution in [3.8, 4) is 0 Å². The second kappa shape index (κ2) is 9.18. The van der Waals surface area contributed by atoms with Crippen molar-refractivity contribution in [2.45, 2.75) is 76.4 Å². The van der Waals surface area contributed by atoms with Crippen LogP contribution in [-0.2, 0) is 9.53 Å². The number of aliphatic hydroxyl groups excluding tert-OH is 2. The fourth-order valence-corrected chi connectivity index (χ4v) is 5.29. The van der Waals surface area contributed by atoms with Gasteiger partial charge in [-0.1, -0.05) is 36.6 Å². The summed E-state index contributed by atoms with van der Waals surface area (Å²) in [4.78, 5) is 11.2. The Labute approximate surface area is 157 Å². The second-order valence-electron chi connectivity index (χ2n) is 8.46. The van der Waals surface area contributed by atoms with Gasteiger partial charge in [-0.3, -0.25) is 4.79 Å². The van der Waals surface area contributed by atoms with Crippen molar-refractivity contribution >= 4 is 5.97 Å². The molecule has 0 aromatic heterocycles. The van der Waals surface area contributed by atoms with Gasteiger partial charge in [0, 0.05) is 12.3 Å². The zero-order valence-electron chi connectivity index (χ0n) is 16.0. The molecule has 3 rings (SSSR count). The number of methoxy groups -OCH3 is 1. The predicted octanol–water partition coefficient (Wildman–Crippen LogP) is 3.77. The molecule has 3 aliphatic carbocycles. The van der Waals surface area contributed by atoms with Crippen LogP contribution in [-0.4, -0.2) is 35.5 Å².